The minimum Gasteiger partial charge on any atom is -0.480 e. The van der Waals surface area contributed by atoms with Crippen LogP contribution in [0.2, 0.25) is 0 Å². The molecule has 0 saturated carbocycles. The van der Waals surface area contributed by atoms with E-state index in [4.69, 9.17) is 5.11 Å². The minimum atomic E-state index is -1.09. The predicted molar refractivity (Wildman–Crippen MR) is 70.7 cm³/mol. The number of nitrogens with one attached hydrogen (secondary N) is 3. The van der Waals surface area contributed by atoms with Gasteiger partial charge < -0.3 is 21.1 Å². The van der Waals surface area contributed by atoms with Crippen molar-refractivity contribution in [2.45, 2.75) is 46.2 Å². The largest absolute Gasteiger partial charge is 0.480 e. The van der Waals surface area contributed by atoms with Crippen molar-refractivity contribution in [2.75, 3.05) is 6.54 Å². The van der Waals surface area contributed by atoms with Crippen LogP contribution in [-0.4, -0.2) is 41.6 Å². The van der Waals surface area contributed by atoms with Gasteiger partial charge in [0.2, 0.25) is 5.91 Å². The van der Waals surface area contributed by atoms with E-state index in [2.05, 4.69) is 16.0 Å². The Balaban J connectivity index is 4.42. The molecule has 0 aliphatic heterocycles. The second-order valence-corrected chi connectivity index (χ2v) is 4.44. The van der Waals surface area contributed by atoms with E-state index in [-0.39, 0.29) is 11.8 Å². The molecule has 3 amide bonds. The molecule has 0 aromatic rings. The Hall–Kier alpha value is -1.79. The van der Waals surface area contributed by atoms with E-state index in [9.17, 15) is 14.4 Å². The third kappa shape index (κ3) is 6.08. The lowest BCUT2D eigenvalue weighted by Crippen LogP contribution is -2.53. The standard InChI is InChI=1S/C12H23N3O4/c1-5-7(3)9(11(17)18)15-12(19)14-8(4)10(16)13-6-2/h7-9H,5-6H2,1-4H3,(H,13,16)(H,17,18)(H2,14,15,19)/t7?,8?,9-/m1/s1. The Morgan fingerprint density at radius 3 is 2.11 bits per heavy atom. The normalized spacial score (nSPS) is 14.9. The van der Waals surface area contributed by atoms with Crippen molar-refractivity contribution in [1.29, 1.82) is 0 Å². The van der Waals surface area contributed by atoms with Crippen LogP contribution in [0.1, 0.15) is 34.1 Å². The maximum Gasteiger partial charge on any atom is 0.326 e. The van der Waals surface area contributed by atoms with Crippen molar-refractivity contribution in [1.82, 2.24) is 16.0 Å². The molecule has 0 aliphatic carbocycles. The summed E-state index contributed by atoms with van der Waals surface area (Å²) in [5, 5.41) is 16.4. The van der Waals surface area contributed by atoms with Crippen LogP contribution >= 0.6 is 0 Å². The highest BCUT2D eigenvalue weighted by molar-refractivity contribution is 5.88. The molecule has 0 fully saturated rings. The van der Waals surface area contributed by atoms with Gasteiger partial charge in [-0.05, 0) is 19.8 Å². The number of aliphatic carboxylic acids is 1. The summed E-state index contributed by atoms with van der Waals surface area (Å²) >= 11 is 0. The first-order chi connectivity index (χ1) is 8.83. The van der Waals surface area contributed by atoms with E-state index in [1.807, 2.05) is 6.92 Å². The maximum absolute atomic E-state index is 11.6. The number of carboxylic acids is 1. The molecule has 0 spiro atoms. The van der Waals surface area contributed by atoms with Crippen molar-refractivity contribution >= 4 is 17.9 Å². The number of urea groups is 1. The second kappa shape index (κ2) is 8.34. The van der Waals surface area contributed by atoms with Crippen LogP contribution < -0.4 is 16.0 Å². The van der Waals surface area contributed by atoms with Crippen molar-refractivity contribution < 1.29 is 19.5 Å². The summed E-state index contributed by atoms with van der Waals surface area (Å²) < 4.78 is 0. The average Bonchev–Trinajstić information content (AvgIpc) is 2.34. The number of hydrogen-bond donors (Lipinski definition) is 4. The Morgan fingerprint density at radius 1 is 1.11 bits per heavy atom. The lowest BCUT2D eigenvalue weighted by atomic mass is 9.99. The number of likely N-dealkylation sites (N-methyl/N-ethyl adjacent to an activating group) is 1. The molecule has 3 atom stereocenters. The molecule has 0 radical (unpaired) electrons. The fourth-order valence-electron chi connectivity index (χ4n) is 1.46. The van der Waals surface area contributed by atoms with Gasteiger partial charge in [0.1, 0.15) is 12.1 Å². The molecule has 0 aromatic heterocycles. The van der Waals surface area contributed by atoms with Gasteiger partial charge in [-0.1, -0.05) is 20.3 Å². The molecule has 110 valence electrons. The van der Waals surface area contributed by atoms with Gasteiger partial charge in [0.05, 0.1) is 0 Å². The Bertz CT molecular complexity index is 333. The molecule has 7 nitrogen and oxygen atoms in total. The number of amides is 3. The Kier molecular flexibility index (Phi) is 7.55. The van der Waals surface area contributed by atoms with Gasteiger partial charge in [-0.2, -0.15) is 0 Å². The Labute approximate surface area is 113 Å². The lowest BCUT2D eigenvalue weighted by Gasteiger charge is -2.21. The highest BCUT2D eigenvalue weighted by Crippen LogP contribution is 2.07. The molecule has 19 heavy (non-hydrogen) atoms. The van der Waals surface area contributed by atoms with E-state index in [0.717, 1.165) is 0 Å². The molecule has 0 rings (SSSR count). The van der Waals surface area contributed by atoms with Crippen molar-refractivity contribution in [3.63, 3.8) is 0 Å². The summed E-state index contributed by atoms with van der Waals surface area (Å²) in [5.41, 5.74) is 0. The molecule has 0 aliphatic rings. The summed E-state index contributed by atoms with van der Waals surface area (Å²) in [4.78, 5) is 34.1. The minimum absolute atomic E-state index is 0.192. The molecule has 4 N–H and O–H groups in total. The Morgan fingerprint density at radius 2 is 1.68 bits per heavy atom. The zero-order valence-corrected chi connectivity index (χ0v) is 11.8. The number of carboxylic acid groups (broad SMARTS) is 1. The van der Waals surface area contributed by atoms with Gasteiger partial charge in [0.25, 0.3) is 0 Å². The van der Waals surface area contributed by atoms with E-state index in [1.165, 1.54) is 6.92 Å². The lowest BCUT2D eigenvalue weighted by molar-refractivity contribution is -0.140. The van der Waals surface area contributed by atoms with Crippen molar-refractivity contribution in [3.05, 3.63) is 0 Å². The molecular formula is C12H23N3O4. The SMILES string of the molecule is CCNC(=O)C(C)NC(=O)N[C@@H](C(=O)O)C(C)CC. The molecule has 7 heteroatoms. The number of carbonyl (C=O) groups is 3. The first kappa shape index (κ1) is 17.2. The van der Waals surface area contributed by atoms with Gasteiger partial charge in [-0.25, -0.2) is 9.59 Å². The summed E-state index contributed by atoms with van der Waals surface area (Å²) in [6.07, 6.45) is 0.628. The second-order valence-electron chi connectivity index (χ2n) is 4.44. The third-order valence-corrected chi connectivity index (χ3v) is 2.86. The van der Waals surface area contributed by atoms with Crippen LogP contribution in [0.5, 0.6) is 0 Å². The predicted octanol–water partition coefficient (Wildman–Crippen LogP) is 0.310. The summed E-state index contributed by atoms with van der Waals surface area (Å²) in [7, 11) is 0. The molecular weight excluding hydrogens is 250 g/mol. The van der Waals surface area contributed by atoms with Gasteiger partial charge in [-0.3, -0.25) is 4.79 Å². The van der Waals surface area contributed by atoms with Crippen LogP contribution in [0.25, 0.3) is 0 Å². The monoisotopic (exact) mass is 273 g/mol. The van der Waals surface area contributed by atoms with Crippen LogP contribution in [0, 0.1) is 5.92 Å². The van der Waals surface area contributed by atoms with Gasteiger partial charge in [0, 0.05) is 6.54 Å². The van der Waals surface area contributed by atoms with E-state index >= 15 is 0 Å². The molecule has 0 bridgehead atoms. The first-order valence-electron chi connectivity index (χ1n) is 6.40. The van der Waals surface area contributed by atoms with Crippen LogP contribution in [0.3, 0.4) is 0 Å². The van der Waals surface area contributed by atoms with Gasteiger partial charge in [0.15, 0.2) is 0 Å². The molecule has 0 aromatic carbocycles. The summed E-state index contributed by atoms with van der Waals surface area (Å²) in [6.45, 7) is 7.36. The first-order valence-corrected chi connectivity index (χ1v) is 6.40. The highest BCUT2D eigenvalue weighted by atomic mass is 16.4. The molecule has 2 unspecified atom stereocenters. The van der Waals surface area contributed by atoms with E-state index < -0.39 is 24.1 Å². The zero-order chi connectivity index (χ0) is 15.0. The highest BCUT2D eigenvalue weighted by Gasteiger charge is 2.26. The van der Waals surface area contributed by atoms with Crippen LogP contribution in [-0.2, 0) is 9.59 Å². The number of carbonyl (C=O) groups excluding carboxylic acids is 2. The van der Waals surface area contributed by atoms with E-state index in [1.54, 1.807) is 13.8 Å². The zero-order valence-electron chi connectivity index (χ0n) is 11.8. The number of rotatable bonds is 7. The smallest absolute Gasteiger partial charge is 0.326 e. The summed E-state index contributed by atoms with van der Waals surface area (Å²) in [5.74, 6) is -1.59. The fraction of sp³-hybridized carbons (Fsp3) is 0.750. The van der Waals surface area contributed by atoms with Gasteiger partial charge >= 0.3 is 12.0 Å². The topological polar surface area (TPSA) is 108 Å². The van der Waals surface area contributed by atoms with Crippen LogP contribution in [0.4, 0.5) is 4.79 Å². The quantitative estimate of drug-likeness (QED) is 0.535. The van der Waals surface area contributed by atoms with Gasteiger partial charge in [-0.15, -0.1) is 0 Å². The van der Waals surface area contributed by atoms with Crippen molar-refractivity contribution in [2.24, 2.45) is 5.92 Å². The maximum atomic E-state index is 11.6. The third-order valence-electron chi connectivity index (χ3n) is 2.86. The number of hydrogen-bond acceptors (Lipinski definition) is 3. The average molecular weight is 273 g/mol. The fourth-order valence-corrected chi connectivity index (χ4v) is 1.46. The molecule has 0 heterocycles. The van der Waals surface area contributed by atoms with Crippen molar-refractivity contribution in [3.8, 4) is 0 Å². The summed E-state index contributed by atoms with van der Waals surface area (Å²) in [6, 6.07) is -2.34. The van der Waals surface area contributed by atoms with Crippen LogP contribution in [0.15, 0.2) is 0 Å². The van der Waals surface area contributed by atoms with E-state index in [0.29, 0.717) is 13.0 Å². The molecule has 0 saturated heterocycles.